The van der Waals surface area contributed by atoms with Crippen LogP contribution in [0.1, 0.15) is 11.3 Å². The summed E-state index contributed by atoms with van der Waals surface area (Å²) in [5.41, 5.74) is 0.996. The lowest BCUT2D eigenvalue weighted by Gasteiger charge is -2.47. The summed E-state index contributed by atoms with van der Waals surface area (Å²) in [5, 5.41) is 7.73. The van der Waals surface area contributed by atoms with Crippen molar-refractivity contribution >= 4 is 10.0 Å². The van der Waals surface area contributed by atoms with Crippen molar-refractivity contribution in [2.75, 3.05) is 20.2 Å². The zero-order valence-corrected chi connectivity index (χ0v) is 13.5. The number of ether oxygens (including phenoxy) is 1. The maximum absolute atomic E-state index is 12.7. The average molecular weight is 322 g/mol. The lowest BCUT2D eigenvalue weighted by Crippen LogP contribution is -2.62. The Kier molecular flexibility index (Phi) is 3.54. The van der Waals surface area contributed by atoms with E-state index in [1.807, 2.05) is 13.0 Å². The van der Waals surface area contributed by atoms with Gasteiger partial charge < -0.3 is 4.74 Å². The highest BCUT2D eigenvalue weighted by atomic mass is 32.2. The first-order valence-electron chi connectivity index (χ1n) is 6.86. The van der Waals surface area contributed by atoms with Gasteiger partial charge in [0.15, 0.2) is 0 Å². The second kappa shape index (κ2) is 5.15. The summed E-state index contributed by atoms with van der Waals surface area (Å²) in [6.07, 6.45) is 1.61. The summed E-state index contributed by atoms with van der Waals surface area (Å²) in [7, 11) is -0.169. The van der Waals surface area contributed by atoms with Gasteiger partial charge in [-0.25, -0.2) is 13.1 Å². The standard InChI is InChI=1S/C14H18N4O3S/c1-11-5-4-6-12(7-11)22(19,20)18-9-14(10-18,21-3)13-8-15-16-17(13)2/h4-8H,9-10H2,1-3H3. The van der Waals surface area contributed by atoms with Crippen LogP contribution in [-0.2, 0) is 27.4 Å². The van der Waals surface area contributed by atoms with Crippen LogP contribution < -0.4 is 0 Å². The van der Waals surface area contributed by atoms with Crippen LogP contribution in [0.2, 0.25) is 0 Å². The van der Waals surface area contributed by atoms with Crippen molar-refractivity contribution in [3.05, 3.63) is 41.7 Å². The number of sulfonamides is 1. The van der Waals surface area contributed by atoms with Crippen molar-refractivity contribution in [3.8, 4) is 0 Å². The van der Waals surface area contributed by atoms with Gasteiger partial charge in [0.2, 0.25) is 10.0 Å². The van der Waals surface area contributed by atoms with Crippen molar-refractivity contribution in [2.24, 2.45) is 7.05 Å². The molecule has 22 heavy (non-hydrogen) atoms. The van der Waals surface area contributed by atoms with Gasteiger partial charge in [0, 0.05) is 14.2 Å². The van der Waals surface area contributed by atoms with Crippen LogP contribution in [0.25, 0.3) is 0 Å². The molecule has 0 aliphatic carbocycles. The second-order valence-electron chi connectivity index (χ2n) is 5.53. The van der Waals surface area contributed by atoms with Crippen LogP contribution >= 0.6 is 0 Å². The molecule has 118 valence electrons. The molecule has 7 nitrogen and oxygen atoms in total. The molecule has 0 atom stereocenters. The largest absolute Gasteiger partial charge is 0.369 e. The number of hydrogen-bond donors (Lipinski definition) is 0. The molecule has 1 aromatic carbocycles. The van der Waals surface area contributed by atoms with Gasteiger partial charge in [-0.05, 0) is 24.6 Å². The second-order valence-corrected chi connectivity index (χ2v) is 7.47. The topological polar surface area (TPSA) is 77.3 Å². The van der Waals surface area contributed by atoms with Gasteiger partial charge in [0.05, 0.1) is 29.9 Å². The first-order chi connectivity index (χ1) is 10.4. The van der Waals surface area contributed by atoms with Gasteiger partial charge in [-0.15, -0.1) is 5.10 Å². The van der Waals surface area contributed by atoms with E-state index in [0.29, 0.717) is 4.90 Å². The lowest BCUT2D eigenvalue weighted by atomic mass is 9.93. The van der Waals surface area contributed by atoms with E-state index in [2.05, 4.69) is 10.3 Å². The lowest BCUT2D eigenvalue weighted by molar-refractivity contribution is -0.103. The minimum atomic E-state index is -3.51. The summed E-state index contributed by atoms with van der Waals surface area (Å²) in [6.45, 7) is 2.37. The van der Waals surface area contributed by atoms with Crippen molar-refractivity contribution in [1.82, 2.24) is 19.3 Å². The fourth-order valence-corrected chi connectivity index (χ4v) is 4.36. The molecular weight excluding hydrogens is 304 g/mol. The SMILES string of the molecule is COC1(c2cnnn2C)CN(S(=O)(=O)c2cccc(C)c2)C1. The predicted molar refractivity (Wildman–Crippen MR) is 79.6 cm³/mol. The van der Waals surface area contributed by atoms with Crippen LogP contribution in [0.4, 0.5) is 0 Å². The van der Waals surface area contributed by atoms with E-state index in [-0.39, 0.29) is 13.1 Å². The molecule has 0 spiro atoms. The number of rotatable bonds is 4. The monoisotopic (exact) mass is 322 g/mol. The smallest absolute Gasteiger partial charge is 0.243 e. The number of hydrogen-bond acceptors (Lipinski definition) is 5. The number of aryl methyl sites for hydroxylation is 2. The Morgan fingerprint density at radius 1 is 1.32 bits per heavy atom. The van der Waals surface area contributed by atoms with Crippen LogP contribution in [0, 0.1) is 6.92 Å². The molecule has 0 N–H and O–H groups in total. The van der Waals surface area contributed by atoms with Crippen molar-refractivity contribution < 1.29 is 13.2 Å². The van der Waals surface area contributed by atoms with Gasteiger partial charge >= 0.3 is 0 Å². The van der Waals surface area contributed by atoms with E-state index < -0.39 is 15.6 Å². The Morgan fingerprint density at radius 3 is 2.59 bits per heavy atom. The molecule has 0 radical (unpaired) electrons. The molecule has 1 aromatic heterocycles. The summed E-state index contributed by atoms with van der Waals surface area (Å²) >= 11 is 0. The number of aromatic nitrogens is 3. The third-order valence-electron chi connectivity index (χ3n) is 4.06. The molecule has 1 fully saturated rings. The van der Waals surface area contributed by atoms with Gasteiger partial charge in [-0.1, -0.05) is 17.3 Å². The van der Waals surface area contributed by atoms with E-state index in [1.165, 1.54) is 4.31 Å². The molecule has 0 bridgehead atoms. The van der Waals surface area contributed by atoms with Crippen molar-refractivity contribution in [2.45, 2.75) is 17.4 Å². The normalized spacial score (nSPS) is 18.1. The van der Waals surface area contributed by atoms with Gasteiger partial charge in [0.25, 0.3) is 0 Å². The van der Waals surface area contributed by atoms with E-state index >= 15 is 0 Å². The molecule has 8 heteroatoms. The fraction of sp³-hybridized carbons (Fsp3) is 0.429. The molecule has 1 aliphatic heterocycles. The average Bonchev–Trinajstić information content (AvgIpc) is 2.85. The van der Waals surface area contributed by atoms with Crippen LogP contribution in [-0.4, -0.2) is 47.9 Å². The number of methoxy groups -OCH3 is 1. The highest BCUT2D eigenvalue weighted by Crippen LogP contribution is 2.38. The molecule has 0 unspecified atom stereocenters. The molecule has 2 heterocycles. The van der Waals surface area contributed by atoms with E-state index in [9.17, 15) is 8.42 Å². The molecule has 3 rings (SSSR count). The van der Waals surface area contributed by atoms with Gasteiger partial charge in [-0.3, -0.25) is 0 Å². The van der Waals surface area contributed by atoms with Crippen LogP contribution in [0.3, 0.4) is 0 Å². The summed E-state index contributed by atoms with van der Waals surface area (Å²) in [5.74, 6) is 0. The zero-order valence-electron chi connectivity index (χ0n) is 12.7. The molecule has 2 aromatic rings. The van der Waals surface area contributed by atoms with E-state index in [1.54, 1.807) is 43.2 Å². The Labute approximate surface area is 129 Å². The fourth-order valence-electron chi connectivity index (χ4n) is 2.72. The van der Waals surface area contributed by atoms with Crippen molar-refractivity contribution in [1.29, 1.82) is 0 Å². The van der Waals surface area contributed by atoms with E-state index in [4.69, 9.17) is 4.74 Å². The molecule has 0 amide bonds. The maximum Gasteiger partial charge on any atom is 0.243 e. The number of benzene rings is 1. The zero-order chi connectivity index (χ0) is 16.0. The molecule has 1 aliphatic rings. The minimum absolute atomic E-state index is 0.251. The van der Waals surface area contributed by atoms with Crippen LogP contribution in [0.5, 0.6) is 0 Å². The maximum atomic E-state index is 12.7. The van der Waals surface area contributed by atoms with Gasteiger partial charge in [-0.2, -0.15) is 4.31 Å². The third kappa shape index (κ3) is 2.23. The Hall–Kier alpha value is -1.77. The van der Waals surface area contributed by atoms with Crippen LogP contribution in [0.15, 0.2) is 35.4 Å². The Bertz CT molecular complexity index is 794. The highest BCUT2D eigenvalue weighted by molar-refractivity contribution is 7.89. The quantitative estimate of drug-likeness (QED) is 0.827. The highest BCUT2D eigenvalue weighted by Gasteiger charge is 2.52. The summed E-state index contributed by atoms with van der Waals surface area (Å²) in [4.78, 5) is 0.306. The molecular formula is C14H18N4O3S. The Balaban J connectivity index is 1.87. The van der Waals surface area contributed by atoms with Crippen molar-refractivity contribution in [3.63, 3.8) is 0 Å². The minimum Gasteiger partial charge on any atom is -0.369 e. The summed E-state index contributed by atoms with van der Waals surface area (Å²) in [6, 6.07) is 6.90. The molecule has 1 saturated heterocycles. The molecule has 0 saturated carbocycles. The first kappa shape index (κ1) is 15.1. The first-order valence-corrected chi connectivity index (χ1v) is 8.30. The third-order valence-corrected chi connectivity index (χ3v) is 5.85. The Morgan fingerprint density at radius 2 is 2.05 bits per heavy atom. The predicted octanol–water partition coefficient (Wildman–Crippen LogP) is 0.670. The number of nitrogens with zero attached hydrogens (tertiary/aromatic N) is 4. The summed E-state index contributed by atoms with van der Waals surface area (Å²) < 4.78 is 33.9. The van der Waals surface area contributed by atoms with Gasteiger partial charge in [0.1, 0.15) is 5.60 Å². The van der Waals surface area contributed by atoms with E-state index in [0.717, 1.165) is 11.3 Å².